The number of carbonyl (C=O) groups excluding carboxylic acids is 2. The molecule has 130 valence electrons. The number of likely N-dealkylation sites (N-methyl/N-ethyl adjacent to an activating group) is 1. The van der Waals surface area contributed by atoms with Gasteiger partial charge in [-0.25, -0.2) is 0 Å². The van der Waals surface area contributed by atoms with E-state index in [1.807, 2.05) is 13.8 Å². The second-order valence-electron chi connectivity index (χ2n) is 6.59. The van der Waals surface area contributed by atoms with Crippen LogP contribution in [0.1, 0.15) is 53.4 Å². The first kappa shape index (κ1) is 20.9. The highest BCUT2D eigenvalue weighted by Crippen LogP contribution is 2.06. The molecule has 0 aliphatic carbocycles. The lowest BCUT2D eigenvalue weighted by atomic mass is 10.1. The van der Waals surface area contributed by atoms with Gasteiger partial charge in [0.15, 0.2) is 0 Å². The maximum Gasteiger partial charge on any atom is 0.231 e. The van der Waals surface area contributed by atoms with Crippen LogP contribution in [0.25, 0.3) is 0 Å². The Balaban J connectivity index is 3.77. The van der Waals surface area contributed by atoms with Crippen molar-refractivity contribution in [3.05, 3.63) is 0 Å². The van der Waals surface area contributed by atoms with E-state index >= 15 is 0 Å². The Morgan fingerprint density at radius 2 is 1.59 bits per heavy atom. The lowest BCUT2D eigenvalue weighted by Crippen LogP contribution is -2.38. The molecule has 22 heavy (non-hydrogen) atoms. The third-order valence-electron chi connectivity index (χ3n) is 3.79. The lowest BCUT2D eigenvalue weighted by Gasteiger charge is -2.23. The van der Waals surface area contributed by atoms with E-state index in [1.54, 1.807) is 23.9 Å². The first-order chi connectivity index (χ1) is 10.3. The van der Waals surface area contributed by atoms with E-state index < -0.39 is 0 Å². The summed E-state index contributed by atoms with van der Waals surface area (Å²) in [5, 5.41) is 0. The molecular weight excluding hydrogens is 280 g/mol. The van der Waals surface area contributed by atoms with Crippen LogP contribution in [0.2, 0.25) is 0 Å². The quantitative estimate of drug-likeness (QED) is 0.435. The van der Waals surface area contributed by atoms with Crippen molar-refractivity contribution in [1.82, 2.24) is 9.80 Å². The number of hydrogen-bond donors (Lipinski definition) is 0. The minimum absolute atomic E-state index is 0.0699. The summed E-state index contributed by atoms with van der Waals surface area (Å²) in [4.78, 5) is 27.0. The molecule has 5 nitrogen and oxygen atoms in total. The monoisotopic (exact) mass is 314 g/mol. The summed E-state index contributed by atoms with van der Waals surface area (Å²) in [5.41, 5.74) is 0. The maximum atomic E-state index is 11.9. The highest BCUT2D eigenvalue weighted by molar-refractivity contribution is 5.96. The van der Waals surface area contributed by atoms with E-state index in [-0.39, 0.29) is 24.3 Å². The highest BCUT2D eigenvalue weighted by atomic mass is 16.5. The van der Waals surface area contributed by atoms with Crippen LogP contribution in [-0.4, -0.2) is 61.5 Å². The van der Waals surface area contributed by atoms with Crippen molar-refractivity contribution in [2.75, 3.05) is 33.9 Å². The summed E-state index contributed by atoms with van der Waals surface area (Å²) in [6.45, 7) is 10.1. The van der Waals surface area contributed by atoms with Crippen LogP contribution in [0, 0.1) is 5.92 Å². The molecule has 0 N–H and O–H groups in total. The molecule has 2 amide bonds. The Labute approximate surface area is 136 Å². The Bertz CT molecular complexity index is 330. The largest absolute Gasteiger partial charge is 0.380 e. The topological polar surface area (TPSA) is 49.9 Å². The van der Waals surface area contributed by atoms with Crippen molar-refractivity contribution in [2.24, 2.45) is 5.92 Å². The van der Waals surface area contributed by atoms with Gasteiger partial charge in [0, 0.05) is 33.3 Å². The molecule has 0 bridgehead atoms. The molecular formula is C17H34N2O3. The predicted octanol–water partition coefficient (Wildman–Crippen LogP) is 2.54. The van der Waals surface area contributed by atoms with Gasteiger partial charge in [0.05, 0.1) is 6.61 Å². The summed E-state index contributed by atoms with van der Waals surface area (Å²) < 4.78 is 5.54. The van der Waals surface area contributed by atoms with Gasteiger partial charge in [0.2, 0.25) is 11.8 Å². The van der Waals surface area contributed by atoms with Crippen molar-refractivity contribution >= 4 is 11.8 Å². The average molecular weight is 314 g/mol. The fourth-order valence-corrected chi connectivity index (χ4v) is 1.86. The SMILES string of the molecule is CC(C)CCCCOCCN(C)C(=O)CC(=O)N(C)C(C)C. The van der Waals surface area contributed by atoms with Crippen LogP contribution in [0.15, 0.2) is 0 Å². The molecule has 0 radical (unpaired) electrons. The maximum absolute atomic E-state index is 11.9. The Kier molecular flexibility index (Phi) is 10.9. The van der Waals surface area contributed by atoms with Gasteiger partial charge in [0.25, 0.3) is 0 Å². The van der Waals surface area contributed by atoms with Crippen molar-refractivity contribution in [3.8, 4) is 0 Å². The van der Waals surface area contributed by atoms with Crippen LogP contribution < -0.4 is 0 Å². The number of carbonyl (C=O) groups is 2. The van der Waals surface area contributed by atoms with E-state index in [0.29, 0.717) is 13.2 Å². The molecule has 0 aromatic carbocycles. The van der Waals surface area contributed by atoms with Crippen LogP contribution >= 0.6 is 0 Å². The minimum atomic E-state index is -0.152. The fraction of sp³-hybridized carbons (Fsp3) is 0.882. The van der Waals surface area contributed by atoms with Gasteiger partial charge >= 0.3 is 0 Å². The van der Waals surface area contributed by atoms with Gasteiger partial charge in [-0.2, -0.15) is 0 Å². The summed E-state index contributed by atoms with van der Waals surface area (Å²) in [6.07, 6.45) is 3.41. The van der Waals surface area contributed by atoms with E-state index in [0.717, 1.165) is 18.9 Å². The van der Waals surface area contributed by atoms with Crippen LogP contribution in [-0.2, 0) is 14.3 Å². The first-order valence-corrected chi connectivity index (χ1v) is 8.33. The lowest BCUT2D eigenvalue weighted by molar-refractivity contribution is -0.140. The summed E-state index contributed by atoms with van der Waals surface area (Å²) in [6, 6.07) is 0.111. The molecule has 5 heteroatoms. The number of ether oxygens (including phenoxy) is 1. The van der Waals surface area contributed by atoms with E-state index in [4.69, 9.17) is 4.74 Å². The molecule has 0 aliphatic heterocycles. The van der Waals surface area contributed by atoms with Crippen molar-refractivity contribution in [3.63, 3.8) is 0 Å². The zero-order valence-corrected chi connectivity index (χ0v) is 15.2. The highest BCUT2D eigenvalue weighted by Gasteiger charge is 2.18. The molecule has 0 aromatic heterocycles. The van der Waals surface area contributed by atoms with E-state index in [9.17, 15) is 9.59 Å². The summed E-state index contributed by atoms with van der Waals surface area (Å²) in [7, 11) is 3.44. The van der Waals surface area contributed by atoms with Crippen LogP contribution in [0.3, 0.4) is 0 Å². The van der Waals surface area contributed by atoms with Crippen molar-refractivity contribution in [1.29, 1.82) is 0 Å². The first-order valence-electron chi connectivity index (χ1n) is 8.33. The molecule has 0 fully saturated rings. The Morgan fingerprint density at radius 1 is 0.955 bits per heavy atom. The number of rotatable bonds is 11. The molecule has 0 spiro atoms. The second kappa shape index (κ2) is 11.5. The van der Waals surface area contributed by atoms with Gasteiger partial charge in [-0.15, -0.1) is 0 Å². The van der Waals surface area contributed by atoms with Crippen LogP contribution in [0.4, 0.5) is 0 Å². The third kappa shape index (κ3) is 9.77. The molecule has 0 rings (SSSR count). The molecule has 0 heterocycles. The number of unbranched alkanes of at least 4 members (excludes halogenated alkanes) is 1. The van der Waals surface area contributed by atoms with E-state index in [1.165, 1.54) is 12.8 Å². The second-order valence-corrected chi connectivity index (χ2v) is 6.59. The molecule has 0 atom stereocenters. The van der Waals surface area contributed by atoms with Gasteiger partial charge in [-0.05, 0) is 26.2 Å². The molecule has 0 saturated carbocycles. The number of nitrogens with zero attached hydrogens (tertiary/aromatic N) is 2. The fourth-order valence-electron chi connectivity index (χ4n) is 1.86. The summed E-state index contributed by atoms with van der Waals surface area (Å²) in [5.74, 6) is 0.452. The predicted molar refractivity (Wildman–Crippen MR) is 89.7 cm³/mol. The van der Waals surface area contributed by atoms with Crippen molar-refractivity contribution in [2.45, 2.75) is 59.4 Å². The Hall–Kier alpha value is -1.10. The van der Waals surface area contributed by atoms with Gasteiger partial charge in [-0.3, -0.25) is 9.59 Å². The molecule has 0 aromatic rings. The summed E-state index contributed by atoms with van der Waals surface area (Å²) >= 11 is 0. The average Bonchev–Trinajstić information content (AvgIpc) is 2.44. The Morgan fingerprint density at radius 3 is 2.14 bits per heavy atom. The van der Waals surface area contributed by atoms with Gasteiger partial charge < -0.3 is 14.5 Å². The van der Waals surface area contributed by atoms with Gasteiger partial charge in [-0.1, -0.05) is 26.7 Å². The van der Waals surface area contributed by atoms with Crippen molar-refractivity contribution < 1.29 is 14.3 Å². The molecule has 0 saturated heterocycles. The minimum Gasteiger partial charge on any atom is -0.380 e. The normalized spacial score (nSPS) is 11.1. The number of hydrogen-bond acceptors (Lipinski definition) is 3. The number of amides is 2. The standard InChI is InChI=1S/C17H34N2O3/c1-14(2)9-7-8-11-22-12-10-18(5)16(20)13-17(21)19(6)15(3)4/h14-15H,7-13H2,1-6H3. The molecule has 0 aliphatic rings. The molecule has 0 unspecified atom stereocenters. The zero-order valence-electron chi connectivity index (χ0n) is 15.2. The smallest absolute Gasteiger partial charge is 0.231 e. The van der Waals surface area contributed by atoms with Gasteiger partial charge in [0.1, 0.15) is 6.42 Å². The van der Waals surface area contributed by atoms with Crippen LogP contribution in [0.5, 0.6) is 0 Å². The van der Waals surface area contributed by atoms with E-state index in [2.05, 4.69) is 13.8 Å². The zero-order chi connectivity index (χ0) is 17.1. The third-order valence-corrected chi connectivity index (χ3v) is 3.79.